The molecule has 1 aromatic carbocycles. The van der Waals surface area contributed by atoms with Crippen LogP contribution in [0.15, 0.2) is 70.5 Å². The number of amides is 2. The molecule has 18 heteroatoms. The minimum atomic E-state index is 0.0690. The van der Waals surface area contributed by atoms with Gasteiger partial charge in [-0.25, -0.2) is 9.97 Å². The van der Waals surface area contributed by atoms with E-state index in [0.717, 1.165) is 92.0 Å². The molecule has 0 radical (unpaired) electrons. The number of hydrogen-bond donors (Lipinski definition) is 0. The molecule has 0 unspecified atom stereocenters. The Morgan fingerprint density at radius 1 is 0.327 bits per heavy atom. The van der Waals surface area contributed by atoms with Crippen molar-refractivity contribution in [2.75, 3.05) is 13.1 Å². The van der Waals surface area contributed by atoms with Crippen LogP contribution >= 0.6 is 139 Å². The number of aromatic nitrogens is 2. The van der Waals surface area contributed by atoms with Gasteiger partial charge in [-0.3, -0.25) is 19.4 Å². The third kappa shape index (κ3) is 22.4. The minimum absolute atomic E-state index is 0.0690. The number of hydrogen-bond acceptors (Lipinski definition) is 16. The summed E-state index contributed by atoms with van der Waals surface area (Å²) in [7, 11) is 0. The van der Waals surface area contributed by atoms with Crippen molar-refractivity contribution in [1.82, 2.24) is 19.8 Å². The molecular formula is C86H110N4O2S12. The standard InChI is InChI=1S/C86H110N4O2S12/c1-7-13-19-25-29-35-41-59-51-63(55-75-83(91)89(85(93)103-75)49-39-33-23-17-11-5)95-77(59)67-45-47-69(97-67)79-61(43-37-31-27-21-15-9-3)53-73(99-79)81-87-65-57-72-66(58-71(65)101-81)88-82(102-72)74-54-62(44-38-32-28-22-16-10-4)80(100-74)70-48-46-68(98-70)78-60(42-36-30-26-20-14-8-2)52-64(96-78)56-76-84(92)90(86(94)104-76)50-40-34-24-18-12-6/h45-48,51-58H,7-44,49-50H2,1-6H3/b75-55-,76-56-. The van der Waals surface area contributed by atoms with Crippen LogP contribution in [-0.2, 0) is 35.3 Å². The number of benzene rings is 1. The third-order valence-corrected chi connectivity index (χ3v) is 32.8. The molecule has 0 aliphatic carbocycles. The highest BCUT2D eigenvalue weighted by molar-refractivity contribution is 8.27. The molecule has 8 aromatic heterocycles. The zero-order chi connectivity index (χ0) is 72.6. The maximum absolute atomic E-state index is 13.9. The third-order valence-electron chi connectivity index (χ3n) is 20.2. The Morgan fingerprint density at radius 2 is 0.615 bits per heavy atom. The van der Waals surface area contributed by atoms with E-state index >= 15 is 0 Å². The lowest BCUT2D eigenvalue weighted by atomic mass is 10.0. The molecule has 10 heterocycles. The Balaban J connectivity index is 0.854. The fourth-order valence-corrected chi connectivity index (χ4v) is 26.3. The quantitative estimate of drug-likeness (QED) is 0.0212. The van der Waals surface area contributed by atoms with Gasteiger partial charge in [0, 0.05) is 61.9 Å². The lowest BCUT2D eigenvalue weighted by Crippen LogP contribution is -2.28. The first-order valence-electron chi connectivity index (χ1n) is 39.9. The Kier molecular flexibility index (Phi) is 33.4. The summed E-state index contributed by atoms with van der Waals surface area (Å²) in [6.07, 6.45) is 50.4. The summed E-state index contributed by atoms with van der Waals surface area (Å²) in [5, 5.41) is 2.18. The first kappa shape index (κ1) is 81.5. The predicted molar refractivity (Wildman–Crippen MR) is 478 cm³/mol. The van der Waals surface area contributed by atoms with Gasteiger partial charge in [-0.15, -0.1) is 90.7 Å². The molecule has 558 valence electrons. The Bertz CT molecular complexity index is 3990. The van der Waals surface area contributed by atoms with E-state index in [0.29, 0.717) is 21.7 Å². The number of nitrogens with zero attached hydrogens (tertiary/aromatic N) is 4. The maximum atomic E-state index is 13.9. The molecule has 2 saturated heterocycles. The van der Waals surface area contributed by atoms with Crippen molar-refractivity contribution in [3.8, 4) is 58.8 Å². The predicted octanol–water partition coefficient (Wildman–Crippen LogP) is 31.2. The molecule has 6 nitrogen and oxygen atoms in total. The van der Waals surface area contributed by atoms with Gasteiger partial charge < -0.3 is 0 Å². The molecule has 0 spiro atoms. The largest absolute Gasteiger partial charge is 0.293 e. The Morgan fingerprint density at radius 3 is 0.942 bits per heavy atom. The monoisotopic (exact) mass is 1610 g/mol. The van der Waals surface area contributed by atoms with Crippen molar-refractivity contribution in [3.63, 3.8) is 0 Å². The molecule has 2 fully saturated rings. The van der Waals surface area contributed by atoms with Crippen LogP contribution in [0.3, 0.4) is 0 Å². The van der Waals surface area contributed by atoms with Gasteiger partial charge in [0.2, 0.25) is 0 Å². The van der Waals surface area contributed by atoms with Crippen LogP contribution in [0.1, 0.15) is 292 Å². The van der Waals surface area contributed by atoms with Gasteiger partial charge in [-0.2, -0.15) is 0 Å². The van der Waals surface area contributed by atoms with Gasteiger partial charge in [0.05, 0.1) is 40.0 Å². The second-order valence-corrected chi connectivity index (χ2v) is 40.5. The summed E-state index contributed by atoms with van der Waals surface area (Å²) >= 11 is 29.6. The molecule has 2 aliphatic heterocycles. The summed E-state index contributed by atoms with van der Waals surface area (Å²) in [6.45, 7) is 15.1. The lowest BCUT2D eigenvalue weighted by Gasteiger charge is -2.13. The van der Waals surface area contributed by atoms with Crippen molar-refractivity contribution in [2.24, 2.45) is 0 Å². The van der Waals surface area contributed by atoms with Gasteiger partial charge in [0.1, 0.15) is 18.7 Å². The average molecular weight is 1620 g/mol. The van der Waals surface area contributed by atoms with E-state index < -0.39 is 0 Å². The number of fused-ring (bicyclic) bond motifs is 2. The number of carbonyl (C=O) groups excluding carboxylic acids is 2. The zero-order valence-electron chi connectivity index (χ0n) is 62.7. The van der Waals surface area contributed by atoms with E-state index in [9.17, 15) is 9.59 Å². The first-order chi connectivity index (χ1) is 51.0. The van der Waals surface area contributed by atoms with Crippen molar-refractivity contribution < 1.29 is 9.59 Å². The highest BCUT2D eigenvalue weighted by Crippen LogP contribution is 2.51. The number of thiazole rings is 2. The Labute approximate surface area is 674 Å². The Hall–Kier alpha value is -3.50. The van der Waals surface area contributed by atoms with Crippen LogP contribution in [0.25, 0.3) is 91.4 Å². The summed E-state index contributed by atoms with van der Waals surface area (Å²) < 4.78 is 3.76. The maximum Gasteiger partial charge on any atom is 0.266 e. The number of aryl methyl sites for hydroxylation is 4. The van der Waals surface area contributed by atoms with Crippen LogP contribution in [0.5, 0.6) is 0 Å². The summed E-state index contributed by atoms with van der Waals surface area (Å²) in [5.74, 6) is 0.138. The molecule has 104 heavy (non-hydrogen) atoms. The molecular weight excluding hydrogens is 1510 g/mol. The lowest BCUT2D eigenvalue weighted by molar-refractivity contribution is -0.123. The second kappa shape index (κ2) is 42.6. The van der Waals surface area contributed by atoms with Gasteiger partial charge >= 0.3 is 0 Å². The molecule has 9 aromatic rings. The van der Waals surface area contributed by atoms with Crippen LogP contribution in [0, 0.1) is 0 Å². The van der Waals surface area contributed by atoms with Gasteiger partial charge in [0.25, 0.3) is 11.8 Å². The van der Waals surface area contributed by atoms with Crippen LogP contribution in [-0.4, -0.2) is 53.3 Å². The highest BCUT2D eigenvalue weighted by atomic mass is 32.2. The molecule has 0 N–H and O–H groups in total. The van der Waals surface area contributed by atoms with Crippen molar-refractivity contribution in [2.45, 2.75) is 286 Å². The first-order valence-corrected chi connectivity index (χ1v) is 48.9. The van der Waals surface area contributed by atoms with E-state index in [-0.39, 0.29) is 11.8 Å². The number of thioether (sulfide) groups is 2. The number of rotatable bonds is 48. The zero-order valence-corrected chi connectivity index (χ0v) is 72.5. The molecule has 0 atom stereocenters. The number of unbranched alkanes of at least 4 members (excludes halogenated alkanes) is 28. The van der Waals surface area contributed by atoms with E-state index in [1.807, 2.05) is 100 Å². The van der Waals surface area contributed by atoms with Crippen molar-refractivity contribution >= 4 is 192 Å². The average Bonchev–Trinajstić information content (AvgIpc) is 1.62. The van der Waals surface area contributed by atoms with E-state index in [2.05, 4.69) is 114 Å². The van der Waals surface area contributed by atoms with Crippen molar-refractivity contribution in [1.29, 1.82) is 0 Å². The molecule has 0 bridgehead atoms. The number of carbonyl (C=O) groups is 2. The summed E-state index contributed by atoms with van der Waals surface area (Å²) in [6, 6.07) is 23.9. The summed E-state index contributed by atoms with van der Waals surface area (Å²) in [4.78, 5) is 59.5. The van der Waals surface area contributed by atoms with Crippen molar-refractivity contribution in [3.05, 3.63) is 102 Å². The van der Waals surface area contributed by atoms with E-state index in [4.69, 9.17) is 34.4 Å². The molecule has 2 aliphatic rings. The highest BCUT2D eigenvalue weighted by Gasteiger charge is 2.34. The minimum Gasteiger partial charge on any atom is -0.293 e. The molecule has 0 saturated carbocycles. The normalized spacial score (nSPS) is 14.4. The van der Waals surface area contributed by atoms with Gasteiger partial charge in [0.15, 0.2) is 0 Å². The number of thiocarbonyl (C=S) groups is 2. The molecule has 11 rings (SSSR count). The van der Waals surface area contributed by atoms with Crippen LogP contribution < -0.4 is 0 Å². The molecule has 2 amide bonds. The van der Waals surface area contributed by atoms with Gasteiger partial charge in [-0.05, 0) is 159 Å². The topological polar surface area (TPSA) is 66.4 Å². The smallest absolute Gasteiger partial charge is 0.266 e. The fourth-order valence-electron chi connectivity index (χ4n) is 14.2. The number of thiophene rings is 6. The van der Waals surface area contributed by atoms with E-state index in [1.165, 1.54) is 297 Å². The SMILES string of the molecule is CCCCCCCCc1cc(/C=C2\SC(=S)N(CCCCCCC)C2=O)sc1-c1ccc(-c2sc(-c3nc4cc5sc(-c6cc(CCCCCCCC)c(-c7ccc(-c8sc(/C=C9\SC(=S)N(CCCCCCC)C9=O)cc8CCCCCCCC)s7)s6)nc5cc4s3)cc2CCCCCCCC)s1. The fraction of sp³-hybridized carbons (Fsp3) is 0.535. The van der Waals surface area contributed by atoms with E-state index in [1.54, 1.807) is 0 Å². The van der Waals surface area contributed by atoms with Crippen LogP contribution in [0.4, 0.5) is 0 Å². The summed E-state index contributed by atoms with van der Waals surface area (Å²) in [5.41, 5.74) is 7.78. The second-order valence-electron chi connectivity index (χ2n) is 28.7. The van der Waals surface area contributed by atoms with Crippen LogP contribution in [0.2, 0.25) is 0 Å². The van der Waals surface area contributed by atoms with Gasteiger partial charge in [-0.1, -0.05) is 269 Å².